The Morgan fingerprint density at radius 1 is 0.857 bits per heavy atom. The van der Waals surface area contributed by atoms with Gasteiger partial charge >= 0.3 is 0 Å². The van der Waals surface area contributed by atoms with Crippen LogP contribution < -0.4 is 10.6 Å². The predicted octanol–water partition coefficient (Wildman–Crippen LogP) is 6.40. The Bertz CT molecular complexity index is 1600. The molecule has 2 heterocycles. The van der Waals surface area contributed by atoms with Crippen molar-refractivity contribution in [3.63, 3.8) is 0 Å². The highest BCUT2D eigenvalue weighted by Crippen LogP contribution is 2.44. The molecular weight excluding hydrogens is 437 g/mol. The number of para-hydroxylation sites is 3. The number of nitrogen functional groups attached to an aromatic ring is 1. The molecule has 0 bridgehead atoms. The second-order valence-electron chi connectivity index (χ2n) is 8.61. The highest BCUT2D eigenvalue weighted by atomic mass is 19.1. The molecule has 0 saturated heterocycles. The van der Waals surface area contributed by atoms with Gasteiger partial charge in [-0.1, -0.05) is 72.8 Å². The Balaban J connectivity index is 1.62. The van der Waals surface area contributed by atoms with Crippen LogP contribution in [0.25, 0.3) is 22.0 Å². The van der Waals surface area contributed by atoms with E-state index in [-0.39, 0.29) is 18.3 Å². The number of nitrogens with one attached hydrogen (secondary N) is 1. The Morgan fingerprint density at radius 3 is 2.40 bits per heavy atom. The summed E-state index contributed by atoms with van der Waals surface area (Å²) < 4.78 is 14.5. The van der Waals surface area contributed by atoms with E-state index in [0.29, 0.717) is 16.8 Å². The van der Waals surface area contributed by atoms with Crippen LogP contribution in [0, 0.1) is 5.82 Å². The van der Waals surface area contributed by atoms with Crippen molar-refractivity contribution in [1.29, 1.82) is 0 Å². The molecule has 5 heteroatoms. The van der Waals surface area contributed by atoms with Crippen LogP contribution in [0.2, 0.25) is 0 Å². The number of benzene rings is 4. The van der Waals surface area contributed by atoms with E-state index in [1.165, 1.54) is 6.07 Å². The quantitative estimate of drug-likeness (QED) is 0.241. The van der Waals surface area contributed by atoms with E-state index in [0.717, 1.165) is 39.0 Å². The fraction of sp³-hybridized carbons (Fsp3) is 0.0333. The maximum absolute atomic E-state index is 14.5. The van der Waals surface area contributed by atoms with Crippen molar-refractivity contribution >= 4 is 39.3 Å². The molecule has 3 N–H and O–H groups in total. The Morgan fingerprint density at radius 2 is 1.57 bits per heavy atom. The van der Waals surface area contributed by atoms with Crippen LogP contribution in [-0.4, -0.2) is 10.9 Å². The number of amides is 1. The fourth-order valence-electron chi connectivity index (χ4n) is 4.82. The number of anilines is 2. The lowest BCUT2D eigenvalue weighted by Gasteiger charge is -2.18. The largest absolute Gasteiger partial charge is 0.398 e. The van der Waals surface area contributed by atoms with Crippen LogP contribution in [-0.2, 0) is 11.3 Å². The van der Waals surface area contributed by atoms with Crippen molar-refractivity contribution in [2.75, 3.05) is 10.6 Å². The Hall–Kier alpha value is -4.64. The minimum Gasteiger partial charge on any atom is -0.398 e. The van der Waals surface area contributed by atoms with Gasteiger partial charge in [0.05, 0.1) is 17.8 Å². The van der Waals surface area contributed by atoms with Gasteiger partial charge in [0.25, 0.3) is 5.91 Å². The molecule has 0 unspecified atom stereocenters. The summed E-state index contributed by atoms with van der Waals surface area (Å²) >= 11 is 0. The number of H-pyrrole nitrogens is 1. The molecule has 4 aromatic carbocycles. The number of aromatic nitrogens is 1. The summed E-state index contributed by atoms with van der Waals surface area (Å²) in [6.07, 6.45) is 0. The number of nitrogens with zero attached hydrogens (tertiary/aromatic N) is 1. The van der Waals surface area contributed by atoms with Crippen molar-refractivity contribution < 1.29 is 9.18 Å². The van der Waals surface area contributed by atoms with Gasteiger partial charge in [-0.3, -0.25) is 4.79 Å². The minimum atomic E-state index is -0.335. The Kier molecular flexibility index (Phi) is 4.96. The van der Waals surface area contributed by atoms with Gasteiger partial charge in [-0.2, -0.15) is 0 Å². The summed E-state index contributed by atoms with van der Waals surface area (Å²) in [4.78, 5) is 19.2. The zero-order valence-electron chi connectivity index (χ0n) is 18.8. The van der Waals surface area contributed by atoms with Crippen molar-refractivity contribution in [2.24, 2.45) is 0 Å². The topological polar surface area (TPSA) is 62.1 Å². The van der Waals surface area contributed by atoms with E-state index in [1.807, 2.05) is 78.9 Å². The monoisotopic (exact) mass is 459 g/mol. The molecule has 0 atom stereocenters. The van der Waals surface area contributed by atoms with E-state index >= 15 is 0 Å². The SMILES string of the molecule is Nc1ccccc1/C(=C1/C(=O)N(Cc2ccccc2F)c2ccccc21)c1cc2ccccc2[nH]1. The van der Waals surface area contributed by atoms with Crippen LogP contribution in [0.3, 0.4) is 0 Å². The number of carbonyl (C=O) groups is 1. The maximum Gasteiger partial charge on any atom is 0.260 e. The first-order valence-corrected chi connectivity index (χ1v) is 11.4. The average molecular weight is 460 g/mol. The van der Waals surface area contributed by atoms with Crippen LogP contribution >= 0.6 is 0 Å². The molecule has 170 valence electrons. The highest BCUT2D eigenvalue weighted by Gasteiger charge is 2.36. The summed E-state index contributed by atoms with van der Waals surface area (Å²) in [5.41, 5.74) is 12.8. The third-order valence-electron chi connectivity index (χ3n) is 6.49. The number of rotatable bonds is 4. The second-order valence-corrected chi connectivity index (χ2v) is 8.61. The van der Waals surface area contributed by atoms with Crippen LogP contribution in [0.4, 0.5) is 15.8 Å². The van der Waals surface area contributed by atoms with Gasteiger partial charge in [0.1, 0.15) is 5.82 Å². The summed E-state index contributed by atoms with van der Waals surface area (Å²) in [6, 6.07) is 31.8. The van der Waals surface area contributed by atoms with Crippen molar-refractivity contribution in [1.82, 2.24) is 4.98 Å². The summed E-state index contributed by atoms with van der Waals surface area (Å²) in [5.74, 6) is -0.523. The third-order valence-corrected chi connectivity index (χ3v) is 6.49. The Labute approximate surface area is 202 Å². The maximum atomic E-state index is 14.5. The molecule has 0 aliphatic carbocycles. The van der Waals surface area contributed by atoms with Gasteiger partial charge in [-0.15, -0.1) is 0 Å². The van der Waals surface area contributed by atoms with Crippen LogP contribution in [0.1, 0.15) is 22.4 Å². The highest BCUT2D eigenvalue weighted by molar-refractivity contribution is 6.39. The molecule has 1 aromatic heterocycles. The van der Waals surface area contributed by atoms with Crippen molar-refractivity contribution in [2.45, 2.75) is 6.54 Å². The van der Waals surface area contributed by atoms with Crippen LogP contribution in [0.15, 0.2) is 103 Å². The smallest absolute Gasteiger partial charge is 0.260 e. The second kappa shape index (κ2) is 8.29. The molecule has 5 aromatic rings. The van der Waals surface area contributed by atoms with E-state index in [1.54, 1.807) is 23.1 Å². The van der Waals surface area contributed by atoms with Crippen LogP contribution in [0.5, 0.6) is 0 Å². The summed E-state index contributed by atoms with van der Waals surface area (Å²) in [5, 5.41) is 1.04. The van der Waals surface area contributed by atoms with Crippen molar-refractivity contribution in [3.8, 4) is 0 Å². The fourth-order valence-corrected chi connectivity index (χ4v) is 4.82. The third kappa shape index (κ3) is 3.49. The number of fused-ring (bicyclic) bond motifs is 2. The lowest BCUT2D eigenvalue weighted by atomic mass is 9.92. The lowest BCUT2D eigenvalue weighted by Crippen LogP contribution is -2.26. The number of carbonyl (C=O) groups excluding carboxylic acids is 1. The molecule has 0 fully saturated rings. The van der Waals surface area contributed by atoms with Gasteiger partial charge in [0, 0.05) is 44.5 Å². The number of halogens is 1. The molecule has 6 rings (SSSR count). The van der Waals surface area contributed by atoms with Gasteiger partial charge in [-0.25, -0.2) is 4.39 Å². The molecule has 0 radical (unpaired) electrons. The first-order chi connectivity index (χ1) is 17.1. The normalized spacial score (nSPS) is 14.4. The molecule has 1 aliphatic heterocycles. The summed E-state index contributed by atoms with van der Waals surface area (Å²) in [6.45, 7) is 0.135. The number of hydrogen-bond donors (Lipinski definition) is 2. The predicted molar refractivity (Wildman–Crippen MR) is 139 cm³/mol. The van der Waals surface area contributed by atoms with Gasteiger partial charge < -0.3 is 15.6 Å². The molecule has 0 spiro atoms. The zero-order chi connectivity index (χ0) is 23.9. The first kappa shape index (κ1) is 20.9. The number of nitrogens with two attached hydrogens (primary N) is 1. The van der Waals surface area contributed by atoms with E-state index in [2.05, 4.69) is 4.98 Å². The minimum absolute atomic E-state index is 0.135. The number of hydrogen-bond acceptors (Lipinski definition) is 2. The molecular formula is C30H22FN3O. The molecule has 35 heavy (non-hydrogen) atoms. The van der Waals surface area contributed by atoms with E-state index < -0.39 is 0 Å². The molecule has 1 amide bonds. The number of aromatic amines is 1. The van der Waals surface area contributed by atoms with Crippen molar-refractivity contribution in [3.05, 3.63) is 131 Å². The van der Waals surface area contributed by atoms with E-state index in [4.69, 9.17) is 5.73 Å². The lowest BCUT2D eigenvalue weighted by molar-refractivity contribution is -0.113. The van der Waals surface area contributed by atoms with Gasteiger partial charge in [0.2, 0.25) is 0 Å². The summed E-state index contributed by atoms with van der Waals surface area (Å²) in [7, 11) is 0. The zero-order valence-corrected chi connectivity index (χ0v) is 18.8. The molecule has 1 aliphatic rings. The molecule has 4 nitrogen and oxygen atoms in total. The standard InChI is InChI=1S/C30H22FN3O/c31-23-13-5-1-10-20(23)18-34-27-16-8-4-12-22(27)29(30(34)35)28(21-11-3-6-14-24(21)32)26-17-19-9-2-7-15-25(19)33-26/h1-17,33H,18,32H2/b29-28-. The molecule has 0 saturated carbocycles. The van der Waals surface area contributed by atoms with Gasteiger partial charge in [0.15, 0.2) is 0 Å². The van der Waals surface area contributed by atoms with Gasteiger partial charge in [-0.05, 0) is 30.3 Å². The average Bonchev–Trinajstić information content (AvgIpc) is 3.42. The van der Waals surface area contributed by atoms with E-state index in [9.17, 15) is 9.18 Å². The first-order valence-electron chi connectivity index (χ1n) is 11.4.